The van der Waals surface area contributed by atoms with Crippen LogP contribution in [0, 0.1) is 11.5 Å². The quantitative estimate of drug-likeness (QED) is 0.343. The van der Waals surface area contributed by atoms with Crippen LogP contribution in [0.25, 0.3) is 0 Å². The number of carbonyl (C=O) groups excluding carboxylic acids is 2. The maximum atomic E-state index is 11.1. The smallest absolute Gasteiger partial charge is 0.303 e. The van der Waals surface area contributed by atoms with Crippen molar-refractivity contribution in [1.82, 2.24) is 0 Å². The number of hydrogen-bond donors (Lipinski definition) is 0. The van der Waals surface area contributed by atoms with Crippen LogP contribution in [0.15, 0.2) is 12.2 Å². The zero-order valence-electron chi connectivity index (χ0n) is 13.1. The standard InChI is InChI=1S/C15H22O5Si/c1-11(16)18-10-15-14(19-12(2)17)7-6-13(20-15)8-9-21(3,4)5/h6-7,13-15H,10H2,1-5H3/t13?,14-,15-/m1/s1. The predicted octanol–water partition coefficient (Wildman–Crippen LogP) is 1.69. The minimum atomic E-state index is -1.49. The number of ether oxygens (including phenoxy) is 3. The molecular formula is C15H22O5Si. The molecule has 0 aromatic rings. The predicted molar refractivity (Wildman–Crippen MR) is 81.1 cm³/mol. The lowest BCUT2D eigenvalue weighted by molar-refractivity contribution is -0.161. The van der Waals surface area contributed by atoms with E-state index >= 15 is 0 Å². The van der Waals surface area contributed by atoms with Gasteiger partial charge >= 0.3 is 11.9 Å². The summed E-state index contributed by atoms with van der Waals surface area (Å²) >= 11 is 0. The highest BCUT2D eigenvalue weighted by Crippen LogP contribution is 2.17. The Balaban J connectivity index is 2.79. The van der Waals surface area contributed by atoms with Gasteiger partial charge in [-0.05, 0) is 12.2 Å². The summed E-state index contributed by atoms with van der Waals surface area (Å²) in [6.45, 7) is 9.11. The largest absolute Gasteiger partial charge is 0.463 e. The maximum absolute atomic E-state index is 11.1. The average Bonchev–Trinajstić information content (AvgIpc) is 2.34. The van der Waals surface area contributed by atoms with Gasteiger partial charge in [0.15, 0.2) is 0 Å². The molecule has 0 spiro atoms. The lowest BCUT2D eigenvalue weighted by Crippen LogP contribution is -2.41. The number of hydrogen-bond acceptors (Lipinski definition) is 5. The van der Waals surface area contributed by atoms with E-state index in [4.69, 9.17) is 14.2 Å². The van der Waals surface area contributed by atoms with Crippen LogP contribution in [-0.4, -0.2) is 44.9 Å². The molecular weight excluding hydrogens is 288 g/mol. The fourth-order valence-electron chi connectivity index (χ4n) is 1.66. The molecule has 3 atom stereocenters. The third-order valence-electron chi connectivity index (χ3n) is 2.51. The molecule has 0 aromatic carbocycles. The molecule has 1 rings (SSSR count). The molecule has 5 nitrogen and oxygen atoms in total. The van der Waals surface area contributed by atoms with E-state index < -0.39 is 32.2 Å². The molecule has 0 N–H and O–H groups in total. The Labute approximate surface area is 126 Å². The minimum absolute atomic E-state index is 0.0305. The first kappa shape index (κ1) is 17.5. The van der Waals surface area contributed by atoms with Crippen LogP contribution in [0.3, 0.4) is 0 Å². The molecule has 116 valence electrons. The van der Waals surface area contributed by atoms with Crippen LogP contribution in [0.5, 0.6) is 0 Å². The van der Waals surface area contributed by atoms with E-state index in [1.54, 1.807) is 12.2 Å². The van der Waals surface area contributed by atoms with Crippen molar-refractivity contribution in [2.24, 2.45) is 0 Å². The van der Waals surface area contributed by atoms with Crippen molar-refractivity contribution in [2.45, 2.75) is 51.8 Å². The molecule has 0 aromatic heterocycles. The van der Waals surface area contributed by atoms with Gasteiger partial charge in [-0.1, -0.05) is 25.6 Å². The Morgan fingerprint density at radius 2 is 1.86 bits per heavy atom. The van der Waals surface area contributed by atoms with Crippen molar-refractivity contribution in [1.29, 1.82) is 0 Å². The molecule has 0 radical (unpaired) electrons. The minimum Gasteiger partial charge on any atom is -0.463 e. The third-order valence-corrected chi connectivity index (χ3v) is 3.40. The van der Waals surface area contributed by atoms with Gasteiger partial charge in [-0.15, -0.1) is 5.54 Å². The molecule has 0 amide bonds. The summed E-state index contributed by atoms with van der Waals surface area (Å²) in [4.78, 5) is 22.0. The van der Waals surface area contributed by atoms with E-state index in [2.05, 4.69) is 31.1 Å². The van der Waals surface area contributed by atoms with Crippen LogP contribution in [0.2, 0.25) is 19.6 Å². The molecule has 0 bridgehead atoms. The highest BCUT2D eigenvalue weighted by molar-refractivity contribution is 6.83. The highest BCUT2D eigenvalue weighted by Gasteiger charge is 2.30. The van der Waals surface area contributed by atoms with Crippen molar-refractivity contribution >= 4 is 20.0 Å². The Bertz CT molecular complexity index is 481. The summed E-state index contributed by atoms with van der Waals surface area (Å²) in [5.74, 6) is 2.26. The Morgan fingerprint density at radius 3 is 2.38 bits per heavy atom. The van der Waals surface area contributed by atoms with Gasteiger partial charge in [0.1, 0.15) is 33.0 Å². The Morgan fingerprint density at radius 1 is 1.19 bits per heavy atom. The van der Waals surface area contributed by atoms with Crippen LogP contribution in [-0.2, 0) is 23.8 Å². The van der Waals surface area contributed by atoms with E-state index in [9.17, 15) is 9.59 Å². The molecule has 1 aliphatic rings. The van der Waals surface area contributed by atoms with Gasteiger partial charge < -0.3 is 14.2 Å². The normalized spacial score (nSPS) is 24.7. The first-order valence-corrected chi connectivity index (χ1v) is 10.3. The summed E-state index contributed by atoms with van der Waals surface area (Å²) in [6, 6.07) is 0. The first-order chi connectivity index (χ1) is 9.67. The second-order valence-corrected chi connectivity index (χ2v) is 10.6. The molecule has 6 heteroatoms. The average molecular weight is 310 g/mol. The summed E-state index contributed by atoms with van der Waals surface area (Å²) in [7, 11) is -1.49. The molecule has 1 aliphatic heterocycles. The van der Waals surface area contributed by atoms with E-state index in [0.717, 1.165) is 0 Å². The van der Waals surface area contributed by atoms with E-state index in [1.165, 1.54) is 13.8 Å². The zero-order chi connectivity index (χ0) is 16.0. The SMILES string of the molecule is CC(=O)OC[C@H]1OC(C#C[Si](C)(C)C)C=C[C@H]1OC(C)=O. The fraction of sp³-hybridized carbons (Fsp3) is 0.600. The second kappa shape index (κ2) is 7.43. The highest BCUT2D eigenvalue weighted by atomic mass is 28.3. The van der Waals surface area contributed by atoms with Crippen LogP contribution in [0.4, 0.5) is 0 Å². The first-order valence-electron chi connectivity index (χ1n) is 6.84. The molecule has 0 aliphatic carbocycles. The fourth-order valence-corrected chi connectivity index (χ4v) is 2.23. The maximum Gasteiger partial charge on any atom is 0.303 e. The van der Waals surface area contributed by atoms with Crippen molar-refractivity contribution in [3.63, 3.8) is 0 Å². The van der Waals surface area contributed by atoms with Crippen molar-refractivity contribution < 1.29 is 23.8 Å². The summed E-state index contributed by atoms with van der Waals surface area (Å²) < 4.78 is 15.9. The van der Waals surface area contributed by atoms with Gasteiger partial charge in [-0.3, -0.25) is 9.59 Å². The van der Waals surface area contributed by atoms with E-state index in [0.29, 0.717) is 0 Å². The second-order valence-electron chi connectivity index (χ2n) is 5.88. The van der Waals surface area contributed by atoms with Gasteiger partial charge in [-0.25, -0.2) is 0 Å². The summed E-state index contributed by atoms with van der Waals surface area (Å²) in [5.41, 5.74) is 3.23. The van der Waals surface area contributed by atoms with Crippen LogP contribution < -0.4 is 0 Å². The molecule has 1 heterocycles. The molecule has 0 saturated heterocycles. The number of carbonyl (C=O) groups is 2. The van der Waals surface area contributed by atoms with E-state index in [-0.39, 0.29) is 12.7 Å². The third kappa shape index (κ3) is 7.11. The summed E-state index contributed by atoms with van der Waals surface area (Å²) in [6.07, 6.45) is 2.03. The zero-order valence-corrected chi connectivity index (χ0v) is 14.1. The lowest BCUT2D eigenvalue weighted by Gasteiger charge is -2.29. The van der Waals surface area contributed by atoms with Crippen molar-refractivity contribution in [3.05, 3.63) is 12.2 Å². The van der Waals surface area contributed by atoms with E-state index in [1.807, 2.05) is 0 Å². The molecule has 0 saturated carbocycles. The van der Waals surface area contributed by atoms with Gasteiger partial charge in [0.25, 0.3) is 0 Å². The summed E-state index contributed by atoms with van der Waals surface area (Å²) in [5, 5.41) is 0. The molecule has 0 fully saturated rings. The lowest BCUT2D eigenvalue weighted by atomic mass is 10.1. The van der Waals surface area contributed by atoms with Crippen LogP contribution in [0.1, 0.15) is 13.8 Å². The topological polar surface area (TPSA) is 61.8 Å². The number of esters is 2. The van der Waals surface area contributed by atoms with Crippen molar-refractivity contribution in [2.75, 3.05) is 6.61 Å². The van der Waals surface area contributed by atoms with Gasteiger partial charge in [0.05, 0.1) is 0 Å². The Kier molecular flexibility index (Phi) is 6.18. The Hall–Kier alpha value is -1.58. The van der Waals surface area contributed by atoms with Gasteiger partial charge in [0, 0.05) is 13.8 Å². The molecule has 21 heavy (non-hydrogen) atoms. The molecule has 1 unspecified atom stereocenters. The van der Waals surface area contributed by atoms with Gasteiger partial charge in [-0.2, -0.15) is 0 Å². The van der Waals surface area contributed by atoms with Crippen molar-refractivity contribution in [3.8, 4) is 11.5 Å². The number of rotatable bonds is 3. The van der Waals surface area contributed by atoms with Gasteiger partial charge in [0.2, 0.25) is 0 Å². The monoisotopic (exact) mass is 310 g/mol. The van der Waals surface area contributed by atoms with Crippen LogP contribution >= 0.6 is 0 Å².